The molecular weight excluding hydrogens is 1530 g/mol. The van der Waals surface area contributed by atoms with Crippen LogP contribution in [0.1, 0.15) is 636 Å². The molecule has 0 aliphatic heterocycles. The Hall–Kier alpha value is 0. The predicted octanol–water partition coefficient (Wildman–Crippen LogP) is 42.1. The minimum Gasteiger partial charge on any atom is -0.0530 e. The summed E-state index contributed by atoms with van der Waals surface area (Å²) in [6.07, 6.45) is 154. The third-order valence-corrected chi connectivity index (χ3v) is 44.3. The molecule has 0 saturated heterocycles. The maximum absolute atomic E-state index is 1.58. The Morgan fingerprint density at radius 2 is 0.110 bits per heavy atom. The first kappa shape index (κ1) is 101. The van der Waals surface area contributed by atoms with Crippen LogP contribution < -0.4 is 0 Å². The number of hydrogen-bond acceptors (Lipinski definition) is 0. The summed E-state index contributed by atoms with van der Waals surface area (Å²) in [7, 11) is 0. The van der Waals surface area contributed by atoms with Crippen molar-refractivity contribution < 1.29 is 0 Å². The molecule has 0 heterocycles. The Balaban J connectivity index is 0.000000106. The zero-order valence-electron chi connectivity index (χ0n) is 86.2. The number of fused-ring (bicyclic) bond motifs is 42. The third-order valence-electron chi connectivity index (χ3n) is 44.3. The highest BCUT2D eigenvalue weighted by Gasteiger charge is 2.38. The van der Waals surface area contributed by atoms with Gasteiger partial charge in [-0.25, -0.2) is 0 Å². The second kappa shape index (κ2) is 58.8. The van der Waals surface area contributed by atoms with Crippen molar-refractivity contribution in [2.45, 2.75) is 636 Å². The van der Waals surface area contributed by atoms with Gasteiger partial charge in [0.15, 0.2) is 0 Å². The summed E-state index contributed by atoms with van der Waals surface area (Å²) in [6.45, 7) is 0. The van der Waals surface area contributed by atoms with Crippen molar-refractivity contribution >= 4 is 0 Å². The molecule has 34 aliphatic carbocycles. The molecule has 0 aromatic carbocycles. The standard InChI is InChI=1S/3C11H20.4C10H18.2C9H16.2C8H14.2C7H12.C6H10/c2*1-4-10-6-2-7-11(5-1)9-3-8-10;1-2-5-11-7-3-6-10(4-1)8-9-11;2*1-3-9-5-2-6-10(4-1)8-7-9;1-2-5-10-7-3-6-9(4-1)8-10;1-2-4-10-7-5-9(3-1)6-8-10;1-3-8-5-2-6-9(4-1)7-8;1-2-4-9-6-5-8(3-1)7-9;1-2-8-5-3-7(1)4-6-8;1-2-7-4-5-8(3-1)6-7;1-2-7-4-3-6(1)5-7;1-2-6-4-7(3-1)5-6;1-2-6-3-5(1)4-6/h3*10-11H,1-9H2;4*9-10H,1-8H2;2*8-9H,1-7H2;2*7-8H,1-6H2;2*6-7H,1-5H2;5-6H,1-4H2. The van der Waals surface area contributed by atoms with Crippen LogP contribution in [0.4, 0.5) is 0 Å². The lowest BCUT2D eigenvalue weighted by molar-refractivity contribution is 0.116. The summed E-state index contributed by atoms with van der Waals surface area (Å²) >= 11 is 0. The van der Waals surface area contributed by atoms with Crippen molar-refractivity contribution in [3.63, 3.8) is 0 Å². The molecule has 8 atom stereocenters. The normalized spacial score (nSPS) is 42.5. The van der Waals surface area contributed by atoms with E-state index in [1.54, 1.807) is 482 Å². The first-order valence-corrected chi connectivity index (χ1v) is 62.8. The van der Waals surface area contributed by atoms with Crippen molar-refractivity contribution in [1.29, 1.82) is 0 Å². The topological polar surface area (TPSA) is 0 Å². The molecule has 34 aliphatic rings. The van der Waals surface area contributed by atoms with Gasteiger partial charge in [0.05, 0.1) is 0 Å². The monoisotopic (exact) mass is 1750 g/mol. The molecular formula is C127H226. The van der Waals surface area contributed by atoms with Gasteiger partial charge >= 0.3 is 0 Å². The fourth-order valence-corrected chi connectivity index (χ4v) is 35.6. The van der Waals surface area contributed by atoms with E-state index >= 15 is 0 Å². The molecule has 8 unspecified atom stereocenters. The van der Waals surface area contributed by atoms with Gasteiger partial charge in [-0.3, -0.25) is 0 Å². The van der Waals surface area contributed by atoms with E-state index in [2.05, 4.69) is 0 Å². The van der Waals surface area contributed by atoms with E-state index in [0.29, 0.717) is 0 Å². The average molecular weight is 1750 g/mol. The fourth-order valence-electron chi connectivity index (χ4n) is 35.6. The van der Waals surface area contributed by atoms with Gasteiger partial charge in [-0.1, -0.05) is 578 Å². The summed E-state index contributed by atoms with van der Waals surface area (Å²) in [5.74, 6) is 32.1. The van der Waals surface area contributed by atoms with Crippen molar-refractivity contribution in [2.75, 3.05) is 0 Å². The number of rotatable bonds is 0. The molecule has 0 aromatic heterocycles. The van der Waals surface area contributed by atoms with E-state index in [1.807, 2.05) is 0 Å². The van der Waals surface area contributed by atoms with Crippen molar-refractivity contribution in [3.05, 3.63) is 0 Å². The van der Waals surface area contributed by atoms with Gasteiger partial charge in [0.25, 0.3) is 0 Å². The summed E-state index contributed by atoms with van der Waals surface area (Å²) in [5, 5.41) is 0. The molecule has 127 heavy (non-hydrogen) atoms. The third kappa shape index (κ3) is 38.3. The molecule has 28 bridgehead atoms. The molecule has 0 heteroatoms. The molecule has 0 radical (unpaired) electrons. The van der Waals surface area contributed by atoms with Crippen LogP contribution in [0, 0.1) is 166 Å². The predicted molar refractivity (Wildman–Crippen MR) is 555 cm³/mol. The number of hydrogen-bond donors (Lipinski definition) is 0. The smallest absolute Gasteiger partial charge is 0.0409 e. The van der Waals surface area contributed by atoms with Crippen LogP contribution in [0.2, 0.25) is 0 Å². The zero-order chi connectivity index (χ0) is 86.2. The first-order chi connectivity index (χ1) is 62.8. The Kier molecular flexibility index (Phi) is 46.9. The summed E-state index contributed by atoms with van der Waals surface area (Å²) in [6, 6.07) is 0. The summed E-state index contributed by atoms with van der Waals surface area (Å²) in [4.78, 5) is 0. The van der Waals surface area contributed by atoms with E-state index in [4.69, 9.17) is 0 Å². The largest absolute Gasteiger partial charge is 0.0530 e. The van der Waals surface area contributed by atoms with Gasteiger partial charge in [0.2, 0.25) is 0 Å². The molecule has 0 spiro atoms. The lowest BCUT2D eigenvalue weighted by atomic mass is 9.65. The minimum absolute atomic E-state index is 1.12. The second-order valence-electron chi connectivity index (χ2n) is 53.9. The highest BCUT2D eigenvalue weighted by molar-refractivity contribution is 4.90. The maximum Gasteiger partial charge on any atom is -0.0409 e. The van der Waals surface area contributed by atoms with Gasteiger partial charge in [0, 0.05) is 0 Å². The van der Waals surface area contributed by atoms with Crippen LogP contribution in [-0.2, 0) is 0 Å². The lowest BCUT2D eigenvalue weighted by Gasteiger charge is -2.40. The Morgan fingerprint density at radius 3 is 0.236 bits per heavy atom. The summed E-state index contributed by atoms with van der Waals surface area (Å²) in [5.41, 5.74) is 0. The Morgan fingerprint density at radius 1 is 0.0472 bits per heavy atom. The van der Waals surface area contributed by atoms with Gasteiger partial charge in [0.1, 0.15) is 0 Å². The Labute approximate surface area is 796 Å². The lowest BCUT2D eigenvalue weighted by Crippen LogP contribution is -2.28. The van der Waals surface area contributed by atoms with Crippen molar-refractivity contribution in [2.24, 2.45) is 166 Å². The SMILES string of the molecule is C1CC2CC(C1)C2.C1CC2CC1C2.C1CC2CCC(C1)C2.C1CC2CCC1C2.C1CC2CCC1CC2.C1CC2CCCC(C1)C2.C1CC2CCCC(C1)CC2.C1CC2CCCC(C1)CC2.C1CC2CCCC(C1)CCC2.C1CC2CCCC(C1)CCC2.C1CCC2CCC(C1)C2.C1CCC2CCC(C1)CC2.C1CCC2CCCC(C1)C2.C1CCC2CCCC(C1)CC2. The first-order valence-electron chi connectivity index (χ1n) is 62.8. The van der Waals surface area contributed by atoms with Crippen LogP contribution in [0.15, 0.2) is 0 Å². The fraction of sp³-hybridized carbons (Fsp3) is 1.00. The molecule has 34 rings (SSSR count). The molecule has 34 fully saturated rings. The van der Waals surface area contributed by atoms with E-state index in [-0.39, 0.29) is 0 Å². The van der Waals surface area contributed by atoms with Crippen LogP contribution in [0.3, 0.4) is 0 Å². The van der Waals surface area contributed by atoms with Crippen LogP contribution >= 0.6 is 0 Å². The van der Waals surface area contributed by atoms with E-state index in [9.17, 15) is 0 Å². The maximum atomic E-state index is 1.58. The molecule has 0 amide bonds. The molecule has 734 valence electrons. The summed E-state index contributed by atoms with van der Waals surface area (Å²) < 4.78 is 0. The second-order valence-corrected chi connectivity index (χ2v) is 53.9. The molecule has 0 N–H and O–H groups in total. The van der Waals surface area contributed by atoms with Gasteiger partial charge < -0.3 is 0 Å². The van der Waals surface area contributed by atoms with E-state index < -0.39 is 0 Å². The minimum atomic E-state index is 1.12. The highest BCUT2D eigenvalue weighted by atomic mass is 14.4. The molecule has 34 saturated carbocycles. The van der Waals surface area contributed by atoms with Gasteiger partial charge in [-0.15, -0.1) is 0 Å². The average Bonchev–Trinajstić information content (AvgIpc) is 1.55. The van der Waals surface area contributed by atoms with E-state index in [0.717, 1.165) is 130 Å². The van der Waals surface area contributed by atoms with Crippen LogP contribution in [0.5, 0.6) is 0 Å². The molecule has 0 aromatic rings. The zero-order valence-corrected chi connectivity index (χ0v) is 86.2. The van der Waals surface area contributed by atoms with Crippen molar-refractivity contribution in [1.82, 2.24) is 0 Å². The highest BCUT2D eigenvalue weighted by Crippen LogP contribution is 2.51. The van der Waals surface area contributed by atoms with Crippen LogP contribution in [-0.4, -0.2) is 0 Å². The molecule has 0 nitrogen and oxygen atoms in total. The Bertz CT molecular complexity index is 2340. The van der Waals surface area contributed by atoms with Crippen molar-refractivity contribution in [3.8, 4) is 0 Å². The van der Waals surface area contributed by atoms with E-state index in [1.165, 1.54) is 190 Å². The van der Waals surface area contributed by atoms with Gasteiger partial charge in [-0.2, -0.15) is 0 Å². The van der Waals surface area contributed by atoms with Gasteiger partial charge in [-0.05, 0) is 223 Å². The van der Waals surface area contributed by atoms with Crippen LogP contribution in [0.25, 0.3) is 0 Å². The quantitative estimate of drug-likeness (QED) is 0.227.